The molecule has 1 aliphatic rings. The van der Waals surface area contributed by atoms with Gasteiger partial charge in [0.2, 0.25) is 0 Å². The summed E-state index contributed by atoms with van der Waals surface area (Å²) in [4.78, 5) is 21.8. The minimum atomic E-state index is -0.0421. The summed E-state index contributed by atoms with van der Waals surface area (Å²) in [6.45, 7) is 2.04. The van der Waals surface area contributed by atoms with E-state index in [0.717, 1.165) is 28.2 Å². The van der Waals surface area contributed by atoms with Crippen LogP contribution in [0, 0.1) is 17.6 Å². The molecule has 0 saturated heterocycles. The summed E-state index contributed by atoms with van der Waals surface area (Å²) in [5.74, 6) is 0.458. The number of nitrogens with one attached hydrogen (secondary N) is 1. The molecule has 112 valence electrons. The second-order valence-corrected chi connectivity index (χ2v) is 7.40. The van der Waals surface area contributed by atoms with Gasteiger partial charge in [0.25, 0.3) is 5.56 Å². The molecule has 1 saturated carbocycles. The van der Waals surface area contributed by atoms with E-state index in [2.05, 4.69) is 9.97 Å². The van der Waals surface area contributed by atoms with E-state index >= 15 is 0 Å². The second kappa shape index (κ2) is 5.14. The maximum atomic E-state index is 13.0. The van der Waals surface area contributed by atoms with Crippen LogP contribution in [0.2, 0.25) is 0 Å². The number of aryl methyl sites for hydroxylation is 1. The van der Waals surface area contributed by atoms with Crippen LogP contribution in [0.4, 0.5) is 0 Å². The molecule has 0 aliphatic heterocycles. The van der Waals surface area contributed by atoms with E-state index < -0.39 is 0 Å². The molecule has 3 aromatic rings. The molecule has 1 fully saturated rings. The van der Waals surface area contributed by atoms with Gasteiger partial charge in [-0.1, -0.05) is 12.1 Å². The second-order valence-electron chi connectivity index (χ2n) is 5.74. The van der Waals surface area contributed by atoms with Crippen LogP contribution in [0.3, 0.4) is 0 Å². The molecule has 1 atom stereocenters. The Labute approximate surface area is 136 Å². The topological polar surface area (TPSA) is 50.7 Å². The number of hydrogen-bond donors (Lipinski definition) is 1. The molecule has 1 aliphatic carbocycles. The maximum absolute atomic E-state index is 13.0. The van der Waals surface area contributed by atoms with Crippen LogP contribution < -0.4 is 5.56 Å². The fourth-order valence-electron chi connectivity index (χ4n) is 2.87. The van der Waals surface area contributed by atoms with Gasteiger partial charge in [0.15, 0.2) is 4.77 Å². The number of hydrogen-bond acceptors (Lipinski definition) is 4. The van der Waals surface area contributed by atoms with E-state index in [9.17, 15) is 4.79 Å². The van der Waals surface area contributed by atoms with Crippen LogP contribution in [-0.2, 0) is 0 Å². The van der Waals surface area contributed by atoms with E-state index in [1.807, 2.05) is 37.4 Å². The highest BCUT2D eigenvalue weighted by Crippen LogP contribution is 2.44. The van der Waals surface area contributed by atoms with E-state index in [1.165, 1.54) is 0 Å². The van der Waals surface area contributed by atoms with E-state index in [-0.39, 0.29) is 11.6 Å². The van der Waals surface area contributed by atoms with Crippen LogP contribution >= 0.6 is 23.6 Å². The zero-order chi connectivity index (χ0) is 15.3. The standard InChI is InChI=1S/C16H15N3OS2/c1-9-8-17-14(22-9)13(10-6-7-10)19-15(20)11-4-2-3-5-12(11)18-16(19)21/h2-5,8,10,13H,6-7H2,1H3,(H,18,21)/t13-/m1/s1. The van der Waals surface area contributed by atoms with Crippen molar-refractivity contribution in [3.05, 3.63) is 55.5 Å². The number of benzene rings is 1. The van der Waals surface area contributed by atoms with Crippen molar-refractivity contribution in [2.75, 3.05) is 0 Å². The summed E-state index contributed by atoms with van der Waals surface area (Å²) in [6.07, 6.45) is 4.11. The van der Waals surface area contributed by atoms with Gasteiger partial charge in [0.05, 0.1) is 16.9 Å². The molecule has 0 unspecified atom stereocenters. The number of rotatable bonds is 3. The van der Waals surface area contributed by atoms with Crippen LogP contribution in [0.25, 0.3) is 10.9 Å². The van der Waals surface area contributed by atoms with E-state index in [0.29, 0.717) is 16.1 Å². The first-order valence-corrected chi connectivity index (χ1v) is 8.53. The summed E-state index contributed by atoms with van der Waals surface area (Å²) in [5, 5.41) is 1.66. The molecular weight excluding hydrogens is 314 g/mol. The van der Waals surface area contributed by atoms with Crippen molar-refractivity contribution in [3.8, 4) is 0 Å². The molecule has 4 nitrogen and oxygen atoms in total. The SMILES string of the molecule is Cc1cnc([C@@H](C2CC2)n2c(=S)[nH]c3ccccc3c2=O)s1. The lowest BCUT2D eigenvalue weighted by Gasteiger charge is -2.18. The quantitative estimate of drug-likeness (QED) is 0.743. The zero-order valence-electron chi connectivity index (χ0n) is 12.1. The highest BCUT2D eigenvalue weighted by molar-refractivity contribution is 7.71. The van der Waals surface area contributed by atoms with Crippen LogP contribution in [-0.4, -0.2) is 14.5 Å². The van der Waals surface area contributed by atoms with E-state index in [4.69, 9.17) is 12.2 Å². The molecule has 2 heterocycles. The number of aromatic nitrogens is 3. The first kappa shape index (κ1) is 13.8. The molecule has 0 radical (unpaired) electrons. The lowest BCUT2D eigenvalue weighted by atomic mass is 10.1. The Bertz CT molecular complexity index is 965. The Balaban J connectivity index is 1.99. The Morgan fingerprint density at radius 3 is 2.86 bits per heavy atom. The molecule has 1 N–H and O–H groups in total. The molecule has 6 heteroatoms. The highest BCUT2D eigenvalue weighted by Gasteiger charge is 2.36. The van der Waals surface area contributed by atoms with Gasteiger partial charge in [-0.25, -0.2) is 4.98 Å². The zero-order valence-corrected chi connectivity index (χ0v) is 13.7. The molecule has 22 heavy (non-hydrogen) atoms. The minimum absolute atomic E-state index is 0.0240. The van der Waals surface area contributed by atoms with Crippen LogP contribution in [0.15, 0.2) is 35.3 Å². The average molecular weight is 329 g/mol. The number of aromatic amines is 1. The molecule has 2 aromatic heterocycles. The lowest BCUT2D eigenvalue weighted by Crippen LogP contribution is -2.28. The monoisotopic (exact) mass is 329 g/mol. The number of nitrogens with zero attached hydrogens (tertiary/aromatic N) is 2. The van der Waals surface area contributed by atoms with E-state index in [1.54, 1.807) is 15.9 Å². The van der Waals surface area contributed by atoms with Gasteiger partial charge in [-0.2, -0.15) is 0 Å². The Kier molecular flexibility index (Phi) is 3.23. The predicted octanol–water partition coefficient (Wildman–Crippen LogP) is 3.82. The van der Waals surface area contributed by atoms with Crippen molar-refractivity contribution >= 4 is 34.5 Å². The molecule has 4 rings (SSSR count). The summed E-state index contributed by atoms with van der Waals surface area (Å²) in [7, 11) is 0. The summed E-state index contributed by atoms with van der Waals surface area (Å²) >= 11 is 7.13. The van der Waals surface area contributed by atoms with Crippen molar-refractivity contribution in [1.82, 2.24) is 14.5 Å². The van der Waals surface area contributed by atoms with Crippen LogP contribution in [0.1, 0.15) is 28.8 Å². The largest absolute Gasteiger partial charge is 0.332 e. The van der Waals surface area contributed by atoms with Gasteiger partial charge in [0, 0.05) is 11.1 Å². The molecule has 1 aromatic carbocycles. The van der Waals surface area contributed by atoms with Crippen molar-refractivity contribution in [3.63, 3.8) is 0 Å². The molecule has 0 amide bonds. The predicted molar refractivity (Wildman–Crippen MR) is 91.1 cm³/mol. The third-order valence-electron chi connectivity index (χ3n) is 4.08. The molecule has 0 spiro atoms. The fraction of sp³-hybridized carbons (Fsp3) is 0.312. The summed E-state index contributed by atoms with van der Waals surface area (Å²) in [5.41, 5.74) is 0.766. The minimum Gasteiger partial charge on any atom is -0.332 e. The van der Waals surface area contributed by atoms with Gasteiger partial charge in [0.1, 0.15) is 5.01 Å². The van der Waals surface area contributed by atoms with Gasteiger partial charge in [-0.15, -0.1) is 11.3 Å². The normalized spacial score (nSPS) is 16.0. The number of H-pyrrole nitrogens is 1. The average Bonchev–Trinajstić information content (AvgIpc) is 3.25. The Morgan fingerprint density at radius 1 is 1.41 bits per heavy atom. The third-order valence-corrected chi connectivity index (χ3v) is 5.36. The van der Waals surface area contributed by atoms with Crippen molar-refractivity contribution in [2.24, 2.45) is 5.92 Å². The van der Waals surface area contributed by atoms with Gasteiger partial charge < -0.3 is 4.98 Å². The van der Waals surface area contributed by atoms with Crippen molar-refractivity contribution in [1.29, 1.82) is 0 Å². The Morgan fingerprint density at radius 2 is 2.18 bits per heavy atom. The number of para-hydroxylation sites is 1. The lowest BCUT2D eigenvalue weighted by molar-refractivity contribution is 0.493. The molecule has 0 bridgehead atoms. The molecular formula is C16H15N3OS2. The number of thiazole rings is 1. The summed E-state index contributed by atoms with van der Waals surface area (Å²) < 4.78 is 2.21. The number of fused-ring (bicyclic) bond motifs is 1. The van der Waals surface area contributed by atoms with Crippen LogP contribution in [0.5, 0.6) is 0 Å². The van der Waals surface area contributed by atoms with Crippen molar-refractivity contribution in [2.45, 2.75) is 25.8 Å². The highest BCUT2D eigenvalue weighted by atomic mass is 32.1. The summed E-state index contributed by atoms with van der Waals surface area (Å²) in [6, 6.07) is 7.47. The third kappa shape index (κ3) is 2.23. The van der Waals surface area contributed by atoms with Crippen molar-refractivity contribution < 1.29 is 0 Å². The van der Waals surface area contributed by atoms with Gasteiger partial charge in [-0.3, -0.25) is 9.36 Å². The first-order chi connectivity index (χ1) is 10.6. The van der Waals surface area contributed by atoms with Gasteiger partial charge >= 0.3 is 0 Å². The Hall–Kier alpha value is -1.79. The first-order valence-electron chi connectivity index (χ1n) is 7.31. The smallest absolute Gasteiger partial charge is 0.262 e. The fourth-order valence-corrected chi connectivity index (χ4v) is 4.14. The maximum Gasteiger partial charge on any atom is 0.262 e. The van der Waals surface area contributed by atoms with Gasteiger partial charge in [-0.05, 0) is 50.0 Å².